The van der Waals surface area contributed by atoms with Gasteiger partial charge in [0, 0.05) is 35.0 Å². The minimum absolute atomic E-state index is 0.0627. The Balaban J connectivity index is 1.99. The summed E-state index contributed by atoms with van der Waals surface area (Å²) in [7, 11) is 0. The molecule has 1 aliphatic carbocycles. The molecule has 25 heavy (non-hydrogen) atoms. The van der Waals surface area contributed by atoms with Crippen LogP contribution in [-0.2, 0) is 5.54 Å². The molecule has 0 radical (unpaired) electrons. The molecular weight excluding hydrogens is 392 g/mol. The first-order valence-corrected chi connectivity index (χ1v) is 9.11. The molecule has 6 heteroatoms. The first-order chi connectivity index (χ1) is 11.9. The summed E-state index contributed by atoms with van der Waals surface area (Å²) in [6, 6.07) is 14.0. The van der Waals surface area contributed by atoms with Gasteiger partial charge in [-0.25, -0.2) is 0 Å². The van der Waals surface area contributed by atoms with Crippen LogP contribution in [0.15, 0.2) is 53.0 Å². The Hall–Kier alpha value is -1.50. The second-order valence-electron chi connectivity index (χ2n) is 6.32. The average molecular weight is 412 g/mol. The number of rotatable bonds is 6. The smallest absolute Gasteiger partial charge is 0.387 e. The number of ether oxygens (including phenoxy) is 1. The molecule has 2 aromatic carbocycles. The average Bonchev–Trinajstić information content (AvgIpc) is 2.55. The summed E-state index contributed by atoms with van der Waals surface area (Å²) in [6.07, 6.45) is 2.62. The van der Waals surface area contributed by atoms with E-state index in [0.717, 1.165) is 29.3 Å². The van der Waals surface area contributed by atoms with E-state index >= 15 is 0 Å². The van der Waals surface area contributed by atoms with Crippen LogP contribution in [0.1, 0.15) is 31.7 Å². The van der Waals surface area contributed by atoms with Crippen molar-refractivity contribution in [2.75, 3.05) is 6.54 Å². The highest BCUT2D eigenvalue weighted by Crippen LogP contribution is 2.52. The standard InChI is InChI=1S/C19H20BrF2NO2/c1-2-23(24,16-8-10-17(11-9-16)25-18(21)22)19(12-3-13-19)14-4-6-15(20)7-5-14/h4-11,18H,2-3,12-13H2,1H3. The number of quaternary nitrogens is 1. The third-order valence-electron chi connectivity index (χ3n) is 5.18. The van der Waals surface area contributed by atoms with Crippen molar-refractivity contribution in [1.82, 2.24) is 4.65 Å². The Morgan fingerprint density at radius 3 is 2.16 bits per heavy atom. The predicted octanol–water partition coefficient (Wildman–Crippen LogP) is 5.95. The van der Waals surface area contributed by atoms with Crippen LogP contribution >= 0.6 is 15.9 Å². The second kappa shape index (κ2) is 7.02. The Labute approximate surface area is 154 Å². The van der Waals surface area contributed by atoms with E-state index < -0.39 is 16.8 Å². The monoisotopic (exact) mass is 411 g/mol. The van der Waals surface area contributed by atoms with Gasteiger partial charge < -0.3 is 14.6 Å². The van der Waals surface area contributed by atoms with Gasteiger partial charge in [0.25, 0.3) is 0 Å². The fraction of sp³-hybridized carbons (Fsp3) is 0.368. The molecule has 0 bridgehead atoms. The molecule has 0 aromatic heterocycles. The molecule has 1 saturated carbocycles. The van der Waals surface area contributed by atoms with E-state index in [1.807, 2.05) is 31.2 Å². The van der Waals surface area contributed by atoms with Gasteiger partial charge in [0.05, 0.1) is 6.54 Å². The van der Waals surface area contributed by atoms with E-state index in [-0.39, 0.29) is 5.75 Å². The molecule has 0 spiro atoms. The van der Waals surface area contributed by atoms with Gasteiger partial charge in [-0.15, -0.1) is 0 Å². The van der Waals surface area contributed by atoms with E-state index in [1.54, 1.807) is 12.1 Å². The van der Waals surface area contributed by atoms with Gasteiger partial charge >= 0.3 is 6.61 Å². The van der Waals surface area contributed by atoms with Gasteiger partial charge in [0.15, 0.2) is 0 Å². The molecule has 1 fully saturated rings. The van der Waals surface area contributed by atoms with Gasteiger partial charge in [0.2, 0.25) is 0 Å². The van der Waals surface area contributed by atoms with Crippen molar-refractivity contribution in [1.29, 1.82) is 0 Å². The topological polar surface area (TPSA) is 32.3 Å². The van der Waals surface area contributed by atoms with E-state index in [4.69, 9.17) is 0 Å². The van der Waals surface area contributed by atoms with Crippen molar-refractivity contribution in [2.45, 2.75) is 38.3 Å². The summed E-state index contributed by atoms with van der Waals surface area (Å²) in [5.74, 6) is 0.0627. The second-order valence-corrected chi connectivity index (χ2v) is 7.24. The van der Waals surface area contributed by atoms with Crippen molar-refractivity contribution < 1.29 is 13.5 Å². The number of hydrogen-bond acceptors (Lipinski definition) is 2. The molecule has 2 aromatic rings. The molecule has 1 unspecified atom stereocenters. The zero-order chi connectivity index (χ0) is 18.1. The van der Waals surface area contributed by atoms with Crippen LogP contribution in [0.4, 0.5) is 14.5 Å². The van der Waals surface area contributed by atoms with E-state index in [9.17, 15) is 14.0 Å². The zero-order valence-electron chi connectivity index (χ0n) is 13.9. The third-order valence-corrected chi connectivity index (χ3v) is 5.71. The third kappa shape index (κ3) is 3.18. The maximum atomic E-state index is 13.9. The van der Waals surface area contributed by atoms with Crippen LogP contribution in [0, 0.1) is 5.21 Å². The molecule has 0 heterocycles. The van der Waals surface area contributed by atoms with Crippen molar-refractivity contribution in [3.05, 3.63) is 63.8 Å². The molecule has 0 saturated heterocycles. The van der Waals surface area contributed by atoms with Crippen LogP contribution in [0.5, 0.6) is 5.75 Å². The maximum absolute atomic E-state index is 13.9. The van der Waals surface area contributed by atoms with Gasteiger partial charge in [-0.2, -0.15) is 8.78 Å². The summed E-state index contributed by atoms with van der Waals surface area (Å²) in [5.41, 5.74) is 1.05. The fourth-order valence-electron chi connectivity index (χ4n) is 3.73. The SMILES string of the molecule is CC[N+]([O-])(c1ccc(OC(F)F)cc1)C1(c2ccc(Br)cc2)CCC1. The minimum Gasteiger partial charge on any atom is -0.627 e. The van der Waals surface area contributed by atoms with E-state index in [0.29, 0.717) is 12.2 Å². The Morgan fingerprint density at radius 2 is 1.72 bits per heavy atom. The summed E-state index contributed by atoms with van der Waals surface area (Å²) in [6.45, 7) is -0.634. The molecule has 0 N–H and O–H groups in total. The Morgan fingerprint density at radius 1 is 1.12 bits per heavy atom. The normalized spacial score (nSPS) is 18.5. The zero-order valence-corrected chi connectivity index (χ0v) is 15.5. The van der Waals surface area contributed by atoms with Crippen molar-refractivity contribution in [3.63, 3.8) is 0 Å². The Bertz CT molecular complexity index is 717. The van der Waals surface area contributed by atoms with Crippen LogP contribution < -0.4 is 9.38 Å². The number of alkyl halides is 2. The Kier molecular flexibility index (Phi) is 5.14. The van der Waals surface area contributed by atoms with E-state index in [2.05, 4.69) is 20.7 Å². The first-order valence-electron chi connectivity index (χ1n) is 8.32. The van der Waals surface area contributed by atoms with Crippen LogP contribution in [0.3, 0.4) is 0 Å². The highest BCUT2D eigenvalue weighted by atomic mass is 79.9. The van der Waals surface area contributed by atoms with Crippen molar-refractivity contribution >= 4 is 21.6 Å². The number of hydrogen-bond donors (Lipinski definition) is 0. The van der Waals surface area contributed by atoms with Crippen LogP contribution in [0.2, 0.25) is 0 Å². The first kappa shape index (κ1) is 18.3. The lowest BCUT2D eigenvalue weighted by Gasteiger charge is -2.60. The summed E-state index contributed by atoms with van der Waals surface area (Å²) >= 11 is 3.43. The van der Waals surface area contributed by atoms with Crippen LogP contribution in [0.25, 0.3) is 0 Å². The number of hydroxylamine groups is 2. The molecule has 3 rings (SSSR count). The quantitative estimate of drug-likeness (QED) is 0.434. The summed E-state index contributed by atoms with van der Waals surface area (Å²) < 4.78 is 29.5. The van der Waals surface area contributed by atoms with Gasteiger partial charge in [-0.3, -0.25) is 0 Å². The summed E-state index contributed by atoms with van der Waals surface area (Å²) in [4.78, 5) is 0. The van der Waals surface area contributed by atoms with E-state index in [1.165, 1.54) is 12.1 Å². The fourth-order valence-corrected chi connectivity index (χ4v) is 4.00. The highest BCUT2D eigenvalue weighted by molar-refractivity contribution is 9.10. The molecule has 0 aliphatic heterocycles. The largest absolute Gasteiger partial charge is 0.627 e. The lowest BCUT2D eigenvalue weighted by Crippen LogP contribution is -2.63. The number of nitrogens with zero attached hydrogens (tertiary/aromatic N) is 1. The van der Waals surface area contributed by atoms with Gasteiger partial charge in [-0.1, -0.05) is 28.1 Å². The summed E-state index contributed by atoms with van der Waals surface area (Å²) in [5, 5.41) is 13.9. The van der Waals surface area contributed by atoms with Gasteiger partial charge in [0.1, 0.15) is 17.0 Å². The van der Waals surface area contributed by atoms with Crippen molar-refractivity contribution in [3.8, 4) is 5.75 Å². The van der Waals surface area contributed by atoms with Gasteiger partial charge in [-0.05, 0) is 37.6 Å². The lowest BCUT2D eigenvalue weighted by molar-refractivity contribution is -0.0498. The minimum atomic E-state index is -2.87. The molecule has 134 valence electrons. The number of benzene rings is 2. The molecule has 3 nitrogen and oxygen atoms in total. The van der Waals surface area contributed by atoms with Crippen molar-refractivity contribution in [2.24, 2.45) is 0 Å². The number of halogens is 3. The highest BCUT2D eigenvalue weighted by Gasteiger charge is 2.52. The van der Waals surface area contributed by atoms with Crippen LogP contribution in [-0.4, -0.2) is 13.2 Å². The maximum Gasteiger partial charge on any atom is 0.387 e. The molecular formula is C19H20BrF2NO2. The predicted molar refractivity (Wildman–Crippen MR) is 98.4 cm³/mol. The molecule has 0 amide bonds. The lowest BCUT2D eigenvalue weighted by atomic mass is 9.69. The molecule has 1 atom stereocenters. The molecule has 1 aliphatic rings.